The standard InChI is InChI=1S/C31H40N6O6/c1-18(2)14-25(30(41)37-26(31(42)43)15-19-8-4-3-5-9-19)36-29(40)24(12-13-27(33)38)35-28(39)22(32)16-20-17-34-23-11-7-6-10-21(20)23/h3-11,17-18,22,24-26,34H,12-16,32H2,1-2H3,(H2,33,38)(H,35,39)(H,36,40)(H,37,41)(H,42,43). The highest BCUT2D eigenvalue weighted by Gasteiger charge is 2.31. The molecule has 2 aromatic carbocycles. The molecule has 0 spiro atoms. The quantitative estimate of drug-likeness (QED) is 0.129. The van der Waals surface area contributed by atoms with E-state index in [2.05, 4.69) is 20.9 Å². The van der Waals surface area contributed by atoms with Crippen molar-refractivity contribution in [2.24, 2.45) is 17.4 Å². The molecular weight excluding hydrogens is 552 g/mol. The highest BCUT2D eigenvalue weighted by atomic mass is 16.4. The molecule has 12 heteroatoms. The van der Waals surface area contributed by atoms with Crippen molar-refractivity contribution >= 4 is 40.5 Å². The van der Waals surface area contributed by atoms with Gasteiger partial charge in [-0.05, 0) is 42.4 Å². The van der Waals surface area contributed by atoms with Crippen LogP contribution in [0.1, 0.15) is 44.2 Å². The number of carbonyl (C=O) groups excluding carboxylic acids is 4. The molecule has 43 heavy (non-hydrogen) atoms. The number of carbonyl (C=O) groups is 5. The summed E-state index contributed by atoms with van der Waals surface area (Å²) in [5.41, 5.74) is 13.9. The van der Waals surface area contributed by atoms with Crippen LogP contribution in [0.15, 0.2) is 60.8 Å². The van der Waals surface area contributed by atoms with E-state index in [4.69, 9.17) is 11.5 Å². The van der Waals surface area contributed by atoms with Gasteiger partial charge in [-0.2, -0.15) is 0 Å². The first-order chi connectivity index (χ1) is 20.4. The van der Waals surface area contributed by atoms with Crippen molar-refractivity contribution in [2.45, 2.75) is 70.1 Å². The minimum atomic E-state index is -1.23. The highest BCUT2D eigenvalue weighted by Crippen LogP contribution is 2.19. The molecule has 0 aliphatic carbocycles. The first-order valence-corrected chi connectivity index (χ1v) is 14.2. The molecule has 3 rings (SSSR count). The molecule has 4 atom stereocenters. The SMILES string of the molecule is CC(C)CC(NC(=O)C(CCC(N)=O)NC(=O)C(N)Cc1c[nH]c2ccccc12)C(=O)NC(Cc1ccccc1)C(=O)O. The average molecular weight is 593 g/mol. The summed E-state index contributed by atoms with van der Waals surface area (Å²) in [5, 5.41) is 18.4. The van der Waals surface area contributed by atoms with E-state index in [1.807, 2.05) is 38.1 Å². The van der Waals surface area contributed by atoms with Gasteiger partial charge >= 0.3 is 5.97 Å². The van der Waals surface area contributed by atoms with Gasteiger partial charge in [-0.1, -0.05) is 62.4 Å². The van der Waals surface area contributed by atoms with Gasteiger partial charge in [0.1, 0.15) is 18.1 Å². The predicted octanol–water partition coefficient (Wildman–Crippen LogP) is 1.13. The number of primary amides is 1. The molecule has 12 nitrogen and oxygen atoms in total. The number of fused-ring (bicyclic) bond motifs is 1. The molecule has 1 aromatic heterocycles. The molecule has 9 N–H and O–H groups in total. The lowest BCUT2D eigenvalue weighted by molar-refractivity contribution is -0.142. The number of hydrogen-bond donors (Lipinski definition) is 7. The number of hydrogen-bond acceptors (Lipinski definition) is 6. The molecule has 4 unspecified atom stereocenters. The summed E-state index contributed by atoms with van der Waals surface area (Å²) in [7, 11) is 0. The molecule has 1 heterocycles. The fraction of sp³-hybridized carbons (Fsp3) is 0.387. The summed E-state index contributed by atoms with van der Waals surface area (Å²) in [4.78, 5) is 66.3. The first-order valence-electron chi connectivity index (χ1n) is 14.2. The minimum Gasteiger partial charge on any atom is -0.480 e. The lowest BCUT2D eigenvalue weighted by Crippen LogP contribution is -2.57. The molecule has 0 saturated heterocycles. The molecule has 0 aliphatic rings. The van der Waals surface area contributed by atoms with E-state index >= 15 is 0 Å². The van der Waals surface area contributed by atoms with Gasteiger partial charge in [0.05, 0.1) is 6.04 Å². The van der Waals surface area contributed by atoms with Crippen molar-refractivity contribution < 1.29 is 29.1 Å². The monoisotopic (exact) mass is 592 g/mol. The van der Waals surface area contributed by atoms with Gasteiger partial charge in [-0.3, -0.25) is 19.2 Å². The third-order valence-corrected chi connectivity index (χ3v) is 7.00. The number of amides is 4. The fourth-order valence-corrected chi connectivity index (χ4v) is 4.76. The van der Waals surface area contributed by atoms with Crippen molar-refractivity contribution in [2.75, 3.05) is 0 Å². The second-order valence-corrected chi connectivity index (χ2v) is 11.0. The number of H-pyrrole nitrogens is 1. The lowest BCUT2D eigenvalue weighted by atomic mass is 10.00. The first kappa shape index (κ1) is 32.8. The predicted molar refractivity (Wildman–Crippen MR) is 161 cm³/mol. The molecule has 0 saturated carbocycles. The van der Waals surface area contributed by atoms with E-state index in [-0.39, 0.29) is 38.0 Å². The minimum absolute atomic E-state index is 0.0447. The van der Waals surface area contributed by atoms with Crippen LogP contribution < -0.4 is 27.4 Å². The van der Waals surface area contributed by atoms with Crippen LogP contribution >= 0.6 is 0 Å². The van der Waals surface area contributed by atoms with E-state index in [1.54, 1.807) is 36.5 Å². The summed E-state index contributed by atoms with van der Waals surface area (Å²) >= 11 is 0. The average Bonchev–Trinajstić information content (AvgIpc) is 3.37. The van der Waals surface area contributed by atoms with Crippen molar-refractivity contribution in [1.82, 2.24) is 20.9 Å². The summed E-state index contributed by atoms with van der Waals surface area (Å²) in [5.74, 6) is -3.95. The van der Waals surface area contributed by atoms with Gasteiger partial charge in [-0.25, -0.2) is 4.79 Å². The summed E-state index contributed by atoms with van der Waals surface area (Å²) in [6.07, 6.45) is 1.90. The Morgan fingerprint density at radius 2 is 1.42 bits per heavy atom. The Kier molecular flexibility index (Phi) is 11.8. The summed E-state index contributed by atoms with van der Waals surface area (Å²) < 4.78 is 0. The van der Waals surface area contributed by atoms with Crippen molar-refractivity contribution in [1.29, 1.82) is 0 Å². The molecule has 4 amide bonds. The van der Waals surface area contributed by atoms with Crippen molar-refractivity contribution in [3.05, 3.63) is 71.9 Å². The molecule has 0 bridgehead atoms. The molecular formula is C31H40N6O6. The van der Waals surface area contributed by atoms with Crippen LogP contribution in [0.5, 0.6) is 0 Å². The number of aromatic nitrogens is 1. The number of aliphatic carboxylic acids is 1. The Morgan fingerprint density at radius 1 is 0.814 bits per heavy atom. The van der Waals surface area contributed by atoms with Crippen LogP contribution in [-0.2, 0) is 36.8 Å². The van der Waals surface area contributed by atoms with Crippen molar-refractivity contribution in [3.63, 3.8) is 0 Å². The zero-order valence-electron chi connectivity index (χ0n) is 24.3. The Bertz CT molecular complexity index is 1420. The van der Waals surface area contributed by atoms with Crippen LogP contribution in [0.25, 0.3) is 10.9 Å². The molecule has 3 aromatic rings. The van der Waals surface area contributed by atoms with Crippen LogP contribution in [-0.4, -0.2) is 63.9 Å². The Hall–Kier alpha value is -4.71. The Morgan fingerprint density at radius 3 is 2.07 bits per heavy atom. The second-order valence-electron chi connectivity index (χ2n) is 11.0. The van der Waals surface area contributed by atoms with E-state index in [9.17, 15) is 29.1 Å². The maximum Gasteiger partial charge on any atom is 0.326 e. The largest absolute Gasteiger partial charge is 0.480 e. The number of benzene rings is 2. The summed E-state index contributed by atoms with van der Waals surface area (Å²) in [6, 6.07) is 11.9. The summed E-state index contributed by atoms with van der Waals surface area (Å²) in [6.45, 7) is 3.70. The maximum absolute atomic E-state index is 13.4. The zero-order chi connectivity index (χ0) is 31.5. The molecule has 230 valence electrons. The number of nitrogens with one attached hydrogen (secondary N) is 4. The molecule has 0 fully saturated rings. The highest BCUT2D eigenvalue weighted by molar-refractivity contribution is 5.94. The third kappa shape index (κ3) is 9.96. The van der Waals surface area contributed by atoms with E-state index in [0.717, 1.165) is 22.0 Å². The van der Waals surface area contributed by atoms with E-state index in [1.165, 1.54) is 0 Å². The van der Waals surface area contributed by atoms with Crippen LogP contribution in [0.4, 0.5) is 0 Å². The Labute approximate surface area is 250 Å². The fourth-order valence-electron chi connectivity index (χ4n) is 4.76. The van der Waals surface area contributed by atoms with Crippen molar-refractivity contribution in [3.8, 4) is 0 Å². The van der Waals surface area contributed by atoms with Gasteiger partial charge in [0.2, 0.25) is 23.6 Å². The van der Waals surface area contributed by atoms with Gasteiger partial charge < -0.3 is 37.5 Å². The maximum atomic E-state index is 13.4. The Balaban J connectivity index is 1.71. The number of carboxylic acids is 1. The topological polar surface area (TPSA) is 209 Å². The molecule has 0 radical (unpaired) electrons. The number of rotatable bonds is 16. The van der Waals surface area contributed by atoms with Gasteiger partial charge in [0.15, 0.2) is 0 Å². The van der Waals surface area contributed by atoms with Gasteiger partial charge in [-0.15, -0.1) is 0 Å². The van der Waals surface area contributed by atoms with E-state index < -0.39 is 53.8 Å². The number of carboxylic acid groups (broad SMARTS) is 1. The van der Waals surface area contributed by atoms with Crippen LogP contribution in [0, 0.1) is 5.92 Å². The number of nitrogens with two attached hydrogens (primary N) is 2. The van der Waals surface area contributed by atoms with Gasteiger partial charge in [0, 0.05) is 29.9 Å². The molecule has 0 aliphatic heterocycles. The zero-order valence-corrected chi connectivity index (χ0v) is 24.3. The number of aromatic amines is 1. The lowest BCUT2D eigenvalue weighted by Gasteiger charge is -2.26. The van der Waals surface area contributed by atoms with Crippen LogP contribution in [0.2, 0.25) is 0 Å². The normalized spacial score (nSPS) is 14.0. The number of para-hydroxylation sites is 1. The van der Waals surface area contributed by atoms with Crippen LogP contribution in [0.3, 0.4) is 0 Å². The smallest absolute Gasteiger partial charge is 0.326 e. The third-order valence-electron chi connectivity index (χ3n) is 7.00. The second kappa shape index (κ2) is 15.5. The van der Waals surface area contributed by atoms with E-state index in [0.29, 0.717) is 0 Å². The van der Waals surface area contributed by atoms with Gasteiger partial charge in [0.25, 0.3) is 0 Å².